The highest BCUT2D eigenvalue weighted by atomic mass is 35.5. The van der Waals surface area contributed by atoms with Crippen LogP contribution in [-0.2, 0) is 10.5 Å². The van der Waals surface area contributed by atoms with Crippen LogP contribution in [0.3, 0.4) is 0 Å². The van der Waals surface area contributed by atoms with Crippen molar-refractivity contribution < 1.29 is 14.3 Å². The number of benzene rings is 2. The van der Waals surface area contributed by atoms with Gasteiger partial charge in [0.15, 0.2) is 0 Å². The summed E-state index contributed by atoms with van der Waals surface area (Å²) < 4.78 is 10.5. The second-order valence-electron chi connectivity index (χ2n) is 5.14. The minimum atomic E-state index is -0.211. The molecule has 0 aliphatic rings. The zero-order chi connectivity index (χ0) is 17.5. The molecule has 2 aromatic carbocycles. The van der Waals surface area contributed by atoms with E-state index in [1.165, 1.54) is 0 Å². The summed E-state index contributed by atoms with van der Waals surface area (Å²) in [5, 5.41) is 3.39. The fourth-order valence-corrected chi connectivity index (χ4v) is 2.99. The van der Waals surface area contributed by atoms with Gasteiger partial charge in [-0.25, -0.2) is 0 Å². The van der Waals surface area contributed by atoms with E-state index < -0.39 is 0 Å². The summed E-state index contributed by atoms with van der Waals surface area (Å²) in [4.78, 5) is 12.4. The Morgan fingerprint density at radius 3 is 2.50 bits per heavy atom. The quantitative estimate of drug-likeness (QED) is 0.777. The number of hydrogen-bond acceptors (Lipinski definition) is 4. The number of nitrogens with one attached hydrogen (secondary N) is 1. The van der Waals surface area contributed by atoms with Gasteiger partial charge in [-0.15, -0.1) is 11.8 Å². The second-order valence-corrected chi connectivity index (χ2v) is 6.90. The van der Waals surface area contributed by atoms with E-state index >= 15 is 0 Å². The van der Waals surface area contributed by atoms with Crippen molar-refractivity contribution in [2.24, 2.45) is 0 Å². The van der Waals surface area contributed by atoms with Gasteiger partial charge >= 0.3 is 0 Å². The van der Waals surface area contributed by atoms with E-state index in [-0.39, 0.29) is 11.2 Å². The largest absolute Gasteiger partial charge is 0.497 e. The van der Waals surface area contributed by atoms with E-state index in [0.29, 0.717) is 22.2 Å². The standard InChI is InChI=1S/C18H20ClNO3S/c1-12(24-11-13-4-6-14(19)7-5-13)18(21)20-16-10-15(22-2)8-9-17(16)23-3/h4-10,12H,11H2,1-3H3,(H,20,21)/t12-/m1/s1. The number of hydrogen-bond donors (Lipinski definition) is 1. The van der Waals surface area contributed by atoms with E-state index in [4.69, 9.17) is 21.1 Å². The van der Waals surface area contributed by atoms with Crippen LogP contribution in [-0.4, -0.2) is 25.4 Å². The molecule has 0 aliphatic carbocycles. The Balaban J connectivity index is 1.97. The number of carbonyl (C=O) groups excluding carboxylic acids is 1. The molecular formula is C18H20ClNO3S. The van der Waals surface area contributed by atoms with Crippen molar-refractivity contribution in [3.05, 3.63) is 53.1 Å². The number of halogens is 1. The Morgan fingerprint density at radius 2 is 1.88 bits per heavy atom. The van der Waals surface area contributed by atoms with E-state index in [0.717, 1.165) is 11.3 Å². The summed E-state index contributed by atoms with van der Waals surface area (Å²) in [7, 11) is 3.15. The first kappa shape index (κ1) is 18.5. The van der Waals surface area contributed by atoms with Gasteiger partial charge in [-0.3, -0.25) is 4.79 Å². The van der Waals surface area contributed by atoms with Crippen LogP contribution in [0.5, 0.6) is 11.5 Å². The summed E-state index contributed by atoms with van der Waals surface area (Å²) in [6.45, 7) is 1.88. The van der Waals surface area contributed by atoms with Crippen molar-refractivity contribution >= 4 is 35.0 Å². The summed E-state index contributed by atoms with van der Waals surface area (Å²) in [5.41, 5.74) is 1.73. The lowest BCUT2D eigenvalue weighted by Crippen LogP contribution is -2.23. The van der Waals surface area contributed by atoms with Gasteiger partial charge in [0.1, 0.15) is 11.5 Å². The van der Waals surface area contributed by atoms with Crippen molar-refractivity contribution in [2.45, 2.75) is 17.9 Å². The Labute approximate surface area is 151 Å². The molecule has 0 saturated carbocycles. The molecule has 1 atom stereocenters. The molecule has 0 fully saturated rings. The molecule has 1 N–H and O–H groups in total. The minimum absolute atomic E-state index is 0.0829. The van der Waals surface area contributed by atoms with Gasteiger partial charge in [-0.1, -0.05) is 23.7 Å². The molecule has 1 amide bonds. The number of anilines is 1. The van der Waals surface area contributed by atoms with Gasteiger partial charge in [0.2, 0.25) is 5.91 Å². The van der Waals surface area contributed by atoms with Crippen LogP contribution in [0.2, 0.25) is 5.02 Å². The molecule has 4 nitrogen and oxygen atoms in total. The van der Waals surface area contributed by atoms with Crippen LogP contribution in [0, 0.1) is 0 Å². The number of ether oxygens (including phenoxy) is 2. The highest BCUT2D eigenvalue weighted by Crippen LogP contribution is 2.30. The predicted molar refractivity (Wildman–Crippen MR) is 100 cm³/mol. The maximum Gasteiger partial charge on any atom is 0.237 e. The normalized spacial score (nSPS) is 11.7. The maximum atomic E-state index is 12.4. The Morgan fingerprint density at radius 1 is 1.17 bits per heavy atom. The van der Waals surface area contributed by atoms with Gasteiger partial charge in [0, 0.05) is 16.8 Å². The average Bonchev–Trinajstić information content (AvgIpc) is 2.60. The average molecular weight is 366 g/mol. The zero-order valence-electron chi connectivity index (χ0n) is 13.8. The number of amides is 1. The van der Waals surface area contributed by atoms with Crippen LogP contribution in [0.1, 0.15) is 12.5 Å². The highest BCUT2D eigenvalue weighted by molar-refractivity contribution is 7.99. The molecule has 0 spiro atoms. The monoisotopic (exact) mass is 365 g/mol. The molecule has 2 rings (SSSR count). The lowest BCUT2D eigenvalue weighted by molar-refractivity contribution is -0.115. The number of rotatable bonds is 7. The second kappa shape index (κ2) is 8.85. The first-order valence-corrected chi connectivity index (χ1v) is 8.85. The summed E-state index contributed by atoms with van der Waals surface area (Å²) >= 11 is 7.43. The van der Waals surface area contributed by atoms with Crippen molar-refractivity contribution in [1.29, 1.82) is 0 Å². The molecule has 6 heteroatoms. The first-order chi connectivity index (χ1) is 11.5. The number of carbonyl (C=O) groups is 1. The summed E-state index contributed by atoms with van der Waals surface area (Å²) in [6, 6.07) is 12.9. The molecule has 0 bridgehead atoms. The molecular weight excluding hydrogens is 346 g/mol. The molecule has 24 heavy (non-hydrogen) atoms. The van der Waals surface area contributed by atoms with E-state index in [2.05, 4.69) is 5.32 Å². The lowest BCUT2D eigenvalue weighted by Gasteiger charge is -2.15. The van der Waals surface area contributed by atoms with E-state index in [9.17, 15) is 4.79 Å². The van der Waals surface area contributed by atoms with Crippen LogP contribution < -0.4 is 14.8 Å². The SMILES string of the molecule is COc1ccc(OC)c(NC(=O)[C@@H](C)SCc2ccc(Cl)cc2)c1. The molecule has 128 valence electrons. The molecule has 2 aromatic rings. The van der Waals surface area contributed by atoms with Gasteiger partial charge in [-0.2, -0.15) is 0 Å². The van der Waals surface area contributed by atoms with Crippen molar-refractivity contribution in [1.82, 2.24) is 0 Å². The molecule has 0 radical (unpaired) electrons. The fourth-order valence-electron chi connectivity index (χ4n) is 2.02. The fraction of sp³-hybridized carbons (Fsp3) is 0.278. The number of thioether (sulfide) groups is 1. The minimum Gasteiger partial charge on any atom is -0.497 e. The first-order valence-electron chi connectivity index (χ1n) is 7.42. The Bertz CT molecular complexity index is 691. The number of methoxy groups -OCH3 is 2. The smallest absolute Gasteiger partial charge is 0.237 e. The maximum absolute atomic E-state index is 12.4. The zero-order valence-corrected chi connectivity index (χ0v) is 15.4. The lowest BCUT2D eigenvalue weighted by atomic mass is 10.2. The predicted octanol–water partition coefficient (Wildman–Crippen LogP) is 4.62. The van der Waals surface area contributed by atoms with E-state index in [1.807, 2.05) is 31.2 Å². The van der Waals surface area contributed by atoms with Crippen molar-refractivity contribution in [2.75, 3.05) is 19.5 Å². The Hall–Kier alpha value is -1.85. The summed E-state index contributed by atoms with van der Waals surface area (Å²) in [5.74, 6) is 1.91. The van der Waals surface area contributed by atoms with Gasteiger partial charge in [0.05, 0.1) is 25.2 Å². The molecule has 0 unspecified atom stereocenters. The Kier molecular flexibility index (Phi) is 6.82. The topological polar surface area (TPSA) is 47.6 Å². The van der Waals surface area contributed by atoms with E-state index in [1.54, 1.807) is 44.2 Å². The van der Waals surface area contributed by atoms with Gasteiger partial charge < -0.3 is 14.8 Å². The molecule has 0 aliphatic heterocycles. The molecule has 0 saturated heterocycles. The van der Waals surface area contributed by atoms with Crippen molar-refractivity contribution in [3.8, 4) is 11.5 Å². The third kappa shape index (κ3) is 5.08. The van der Waals surface area contributed by atoms with Crippen LogP contribution in [0.15, 0.2) is 42.5 Å². The van der Waals surface area contributed by atoms with Gasteiger partial charge in [0.25, 0.3) is 0 Å². The van der Waals surface area contributed by atoms with Gasteiger partial charge in [-0.05, 0) is 36.8 Å². The summed E-state index contributed by atoms with van der Waals surface area (Å²) in [6.07, 6.45) is 0. The molecule has 0 aromatic heterocycles. The highest BCUT2D eigenvalue weighted by Gasteiger charge is 2.16. The van der Waals surface area contributed by atoms with Crippen LogP contribution in [0.4, 0.5) is 5.69 Å². The van der Waals surface area contributed by atoms with Crippen LogP contribution in [0.25, 0.3) is 0 Å². The van der Waals surface area contributed by atoms with Crippen LogP contribution >= 0.6 is 23.4 Å². The van der Waals surface area contributed by atoms with Crippen molar-refractivity contribution in [3.63, 3.8) is 0 Å². The molecule has 0 heterocycles. The third-order valence-corrected chi connectivity index (χ3v) is 4.91. The third-order valence-electron chi connectivity index (χ3n) is 3.45.